The highest BCUT2D eigenvalue weighted by atomic mass is 35.5. The van der Waals surface area contributed by atoms with Gasteiger partial charge in [-0.3, -0.25) is 34.2 Å². The fourth-order valence-electron chi connectivity index (χ4n) is 7.49. The summed E-state index contributed by atoms with van der Waals surface area (Å²) in [6.45, 7) is 0. The van der Waals surface area contributed by atoms with E-state index in [2.05, 4.69) is 0 Å². The number of carbonyl (C=O) groups is 4. The molecule has 10 nitrogen and oxygen atoms in total. The maximum atomic E-state index is 14.8. The Morgan fingerprint density at radius 1 is 0.848 bits per heavy atom. The average molecular weight is 668 g/mol. The molecule has 0 spiro atoms. The first kappa shape index (κ1) is 30.0. The third kappa shape index (κ3) is 3.86. The largest absolute Gasteiger partial charge is 0.505 e. The number of allylic oxidation sites excluding steroid dienone is 2. The molecule has 3 fully saturated rings. The predicted octanol–water partition coefficient (Wildman–Crippen LogP) is 5.35. The van der Waals surface area contributed by atoms with Crippen LogP contribution in [-0.4, -0.2) is 43.4 Å². The SMILES string of the molecule is O=C1C2CC=C3C(CC4(Cl)C(=O)N(c5ccc(F)cc5)C(=O)C4(Cl)C3c3cccc(F)c3O)C2C(=O)N1c1ccc([N+](=O)[O-])cc1. The monoisotopic (exact) mass is 667 g/mol. The van der Waals surface area contributed by atoms with Crippen molar-refractivity contribution < 1.29 is 38.0 Å². The molecule has 1 N–H and O–H groups in total. The van der Waals surface area contributed by atoms with Crippen LogP contribution in [-0.2, 0) is 19.2 Å². The van der Waals surface area contributed by atoms with Gasteiger partial charge in [0.25, 0.3) is 17.5 Å². The lowest BCUT2D eigenvalue weighted by Crippen LogP contribution is -2.60. The van der Waals surface area contributed by atoms with E-state index >= 15 is 0 Å². The highest BCUT2D eigenvalue weighted by molar-refractivity contribution is 6.58. The van der Waals surface area contributed by atoms with Crippen molar-refractivity contribution >= 4 is 63.9 Å². The number of nitro benzene ring substituents is 1. The maximum Gasteiger partial charge on any atom is 0.269 e. The quantitative estimate of drug-likeness (QED) is 0.130. The first-order chi connectivity index (χ1) is 21.8. The summed E-state index contributed by atoms with van der Waals surface area (Å²) in [7, 11) is 0. The Labute approximate surface area is 268 Å². The zero-order valence-electron chi connectivity index (χ0n) is 23.4. The number of aromatic hydroxyl groups is 1. The molecular weight excluding hydrogens is 647 g/mol. The van der Waals surface area contributed by atoms with Gasteiger partial charge in [0.15, 0.2) is 21.3 Å². The van der Waals surface area contributed by atoms with Crippen LogP contribution in [0.1, 0.15) is 24.3 Å². The van der Waals surface area contributed by atoms with E-state index in [9.17, 15) is 43.2 Å². The number of phenols is 1. The molecule has 3 aromatic rings. The standard InChI is InChI=1S/C32H21Cl2F2N3O7/c33-31-14-22-19(12-13-20-24(22)28(42)37(27(20)41)16-8-10-18(11-9-16)39(45)46)25(21-2-1-3-23(36)26(21)40)32(31,34)30(44)38(29(31)43)17-6-4-15(35)5-7-17/h1-12,20,22,24-25,40H,13-14H2. The van der Waals surface area contributed by atoms with Gasteiger partial charge in [-0.05, 0) is 61.2 Å². The fraction of sp³-hybridized carbons (Fsp3) is 0.250. The van der Waals surface area contributed by atoms with Crippen molar-refractivity contribution in [1.82, 2.24) is 0 Å². The Morgan fingerprint density at radius 3 is 2.13 bits per heavy atom. The van der Waals surface area contributed by atoms with Gasteiger partial charge in [-0.1, -0.05) is 23.8 Å². The fourth-order valence-corrected chi connectivity index (χ4v) is 8.41. The lowest BCUT2D eigenvalue weighted by Gasteiger charge is -2.50. The maximum absolute atomic E-state index is 14.8. The Morgan fingerprint density at radius 2 is 1.48 bits per heavy atom. The van der Waals surface area contributed by atoms with Crippen LogP contribution in [0, 0.1) is 39.5 Å². The van der Waals surface area contributed by atoms with Gasteiger partial charge in [-0.25, -0.2) is 13.7 Å². The van der Waals surface area contributed by atoms with Gasteiger partial charge in [0.05, 0.1) is 28.1 Å². The minimum absolute atomic E-state index is 0.00317. The summed E-state index contributed by atoms with van der Waals surface area (Å²) in [5.41, 5.74) is 0.00239. The number of nitro groups is 1. The van der Waals surface area contributed by atoms with Crippen molar-refractivity contribution in [2.75, 3.05) is 9.80 Å². The van der Waals surface area contributed by atoms with Crippen LogP contribution in [0.25, 0.3) is 0 Å². The van der Waals surface area contributed by atoms with E-state index in [0.29, 0.717) is 5.57 Å². The van der Waals surface area contributed by atoms with Gasteiger partial charge >= 0.3 is 0 Å². The molecule has 46 heavy (non-hydrogen) atoms. The molecule has 7 rings (SSSR count). The Kier molecular flexibility index (Phi) is 6.63. The number of imide groups is 2. The molecule has 1 saturated carbocycles. The smallest absolute Gasteiger partial charge is 0.269 e. The molecule has 0 radical (unpaired) electrons. The van der Waals surface area contributed by atoms with Crippen LogP contribution < -0.4 is 9.80 Å². The van der Waals surface area contributed by atoms with E-state index in [1.54, 1.807) is 6.08 Å². The molecule has 2 aliphatic heterocycles. The number of hydrogen-bond acceptors (Lipinski definition) is 7. The van der Waals surface area contributed by atoms with Crippen molar-refractivity contribution in [2.45, 2.75) is 28.5 Å². The van der Waals surface area contributed by atoms with Crippen molar-refractivity contribution in [3.8, 4) is 5.75 Å². The van der Waals surface area contributed by atoms with Gasteiger partial charge in [-0.2, -0.15) is 0 Å². The summed E-state index contributed by atoms with van der Waals surface area (Å²) >= 11 is 14.4. The molecule has 6 unspecified atom stereocenters. The second-order valence-corrected chi connectivity index (χ2v) is 13.0. The van der Waals surface area contributed by atoms with Crippen LogP contribution in [0.4, 0.5) is 25.8 Å². The summed E-state index contributed by atoms with van der Waals surface area (Å²) in [6, 6.07) is 13.0. The number of carbonyl (C=O) groups excluding carboxylic acids is 4. The number of halogens is 4. The van der Waals surface area contributed by atoms with Gasteiger partial charge in [0, 0.05) is 23.6 Å². The van der Waals surface area contributed by atoms with Gasteiger partial charge in [0.2, 0.25) is 11.8 Å². The van der Waals surface area contributed by atoms with Crippen molar-refractivity contribution in [1.29, 1.82) is 0 Å². The van der Waals surface area contributed by atoms with Crippen LogP contribution >= 0.6 is 23.2 Å². The minimum atomic E-state index is -2.34. The molecule has 0 aromatic heterocycles. The van der Waals surface area contributed by atoms with E-state index in [0.717, 1.165) is 40.1 Å². The van der Waals surface area contributed by atoms with E-state index < -0.39 is 79.4 Å². The Hall–Kier alpha value is -4.68. The Balaban J connectivity index is 1.38. The number of nitrogens with zero attached hydrogens (tertiary/aromatic N) is 3. The summed E-state index contributed by atoms with van der Waals surface area (Å²) < 4.78 is 28.6. The first-order valence-corrected chi connectivity index (χ1v) is 14.9. The molecule has 3 aromatic carbocycles. The molecule has 4 amide bonds. The van der Waals surface area contributed by atoms with Crippen LogP contribution in [0.3, 0.4) is 0 Å². The summed E-state index contributed by atoms with van der Waals surface area (Å²) in [5.74, 6) is -10.1. The predicted molar refractivity (Wildman–Crippen MR) is 160 cm³/mol. The summed E-state index contributed by atoms with van der Waals surface area (Å²) in [4.78, 5) is 63.8. The third-order valence-electron chi connectivity index (χ3n) is 9.54. The van der Waals surface area contributed by atoms with E-state index in [-0.39, 0.29) is 35.5 Å². The second kappa shape index (κ2) is 10.2. The second-order valence-electron chi connectivity index (χ2n) is 11.7. The number of phenolic OH excluding ortho intramolecular Hbond substituents is 1. The number of anilines is 2. The molecule has 234 valence electrons. The topological polar surface area (TPSA) is 138 Å². The number of benzene rings is 3. The van der Waals surface area contributed by atoms with E-state index in [1.165, 1.54) is 36.4 Å². The average Bonchev–Trinajstić information content (AvgIpc) is 3.37. The van der Waals surface area contributed by atoms with Gasteiger partial charge < -0.3 is 5.11 Å². The van der Waals surface area contributed by atoms with Crippen molar-refractivity contribution in [3.63, 3.8) is 0 Å². The molecule has 4 aliphatic rings. The molecular formula is C32H21Cl2F2N3O7. The number of hydrogen-bond donors (Lipinski definition) is 1. The van der Waals surface area contributed by atoms with Gasteiger partial charge in [0.1, 0.15) is 5.82 Å². The number of fused-ring (bicyclic) bond motifs is 4. The van der Waals surface area contributed by atoms with Crippen LogP contribution in [0.2, 0.25) is 0 Å². The normalized spacial score (nSPS) is 30.2. The minimum Gasteiger partial charge on any atom is -0.505 e. The molecule has 0 bridgehead atoms. The van der Waals surface area contributed by atoms with Crippen LogP contribution in [0.5, 0.6) is 5.75 Å². The van der Waals surface area contributed by atoms with E-state index in [1.807, 2.05) is 0 Å². The third-order valence-corrected chi connectivity index (χ3v) is 11.0. The number of alkyl halides is 2. The number of rotatable bonds is 4. The molecule has 6 atom stereocenters. The van der Waals surface area contributed by atoms with E-state index in [4.69, 9.17) is 23.2 Å². The highest BCUT2D eigenvalue weighted by Crippen LogP contribution is 2.66. The molecule has 2 aliphatic carbocycles. The zero-order valence-corrected chi connectivity index (χ0v) is 24.9. The molecule has 14 heteroatoms. The Bertz CT molecular complexity index is 1920. The first-order valence-electron chi connectivity index (χ1n) is 14.1. The van der Waals surface area contributed by atoms with Crippen LogP contribution in [0.15, 0.2) is 78.4 Å². The van der Waals surface area contributed by atoms with Gasteiger partial charge in [-0.15, -0.1) is 23.2 Å². The number of para-hydroxylation sites is 1. The van der Waals surface area contributed by atoms with Crippen molar-refractivity contribution in [3.05, 3.63) is 106 Å². The highest BCUT2D eigenvalue weighted by Gasteiger charge is 2.77. The lowest BCUT2D eigenvalue weighted by molar-refractivity contribution is -0.384. The summed E-state index contributed by atoms with van der Waals surface area (Å²) in [6.07, 6.45) is 1.24. The number of amides is 4. The zero-order chi connectivity index (χ0) is 32.9. The molecule has 2 heterocycles. The summed E-state index contributed by atoms with van der Waals surface area (Å²) in [5, 5.41) is 22.1. The molecule has 2 saturated heterocycles. The van der Waals surface area contributed by atoms with Crippen molar-refractivity contribution in [2.24, 2.45) is 17.8 Å². The number of non-ortho nitro benzene ring substituents is 1. The lowest BCUT2D eigenvalue weighted by atomic mass is 9.56.